The van der Waals surface area contributed by atoms with E-state index in [0.717, 1.165) is 11.2 Å². The summed E-state index contributed by atoms with van der Waals surface area (Å²) in [6.45, 7) is 0.208. The molecule has 21 heavy (non-hydrogen) atoms. The molecule has 0 spiro atoms. The van der Waals surface area contributed by atoms with E-state index in [9.17, 15) is 4.39 Å². The SMILES string of the molecule is Fc1cc2c(cc1Br)[nH]c(=S)n2-c1ccc2c(c1)OCO2. The summed E-state index contributed by atoms with van der Waals surface area (Å²) in [6.07, 6.45) is 0. The average molecular weight is 367 g/mol. The first kappa shape index (κ1) is 12.8. The van der Waals surface area contributed by atoms with Crippen LogP contribution in [0.2, 0.25) is 0 Å². The number of hydrogen-bond acceptors (Lipinski definition) is 3. The molecule has 0 fully saturated rings. The van der Waals surface area contributed by atoms with Crippen molar-refractivity contribution in [3.05, 3.63) is 45.4 Å². The van der Waals surface area contributed by atoms with Crippen molar-refractivity contribution in [3.63, 3.8) is 0 Å². The summed E-state index contributed by atoms with van der Waals surface area (Å²) in [5.41, 5.74) is 2.21. The number of ether oxygens (including phenoxy) is 2. The lowest BCUT2D eigenvalue weighted by atomic mass is 10.2. The third-order valence-corrected chi connectivity index (χ3v) is 4.23. The Morgan fingerprint density at radius 1 is 1.19 bits per heavy atom. The third kappa shape index (κ3) is 1.96. The number of halogens is 2. The summed E-state index contributed by atoms with van der Waals surface area (Å²) in [5, 5.41) is 0. The van der Waals surface area contributed by atoms with Crippen LogP contribution >= 0.6 is 28.1 Å². The quantitative estimate of drug-likeness (QED) is 0.652. The van der Waals surface area contributed by atoms with Gasteiger partial charge < -0.3 is 14.5 Å². The van der Waals surface area contributed by atoms with Crippen LogP contribution in [0.3, 0.4) is 0 Å². The first-order chi connectivity index (χ1) is 10.1. The van der Waals surface area contributed by atoms with Crippen molar-refractivity contribution in [1.82, 2.24) is 9.55 Å². The van der Waals surface area contributed by atoms with Crippen molar-refractivity contribution >= 4 is 39.2 Å². The van der Waals surface area contributed by atoms with Crippen molar-refractivity contribution in [2.75, 3.05) is 6.79 Å². The molecule has 4 rings (SSSR count). The molecule has 1 aliphatic heterocycles. The highest BCUT2D eigenvalue weighted by atomic mass is 79.9. The van der Waals surface area contributed by atoms with E-state index >= 15 is 0 Å². The Morgan fingerprint density at radius 3 is 2.86 bits per heavy atom. The lowest BCUT2D eigenvalue weighted by Crippen LogP contribution is -1.95. The number of aromatic amines is 1. The molecule has 3 aromatic rings. The maximum Gasteiger partial charge on any atom is 0.231 e. The second-order valence-electron chi connectivity index (χ2n) is 4.59. The molecule has 0 saturated heterocycles. The Kier molecular flexibility index (Phi) is 2.80. The van der Waals surface area contributed by atoms with Gasteiger partial charge >= 0.3 is 0 Å². The van der Waals surface area contributed by atoms with Crippen LogP contribution in [0.1, 0.15) is 0 Å². The van der Waals surface area contributed by atoms with Crippen LogP contribution < -0.4 is 9.47 Å². The third-order valence-electron chi connectivity index (χ3n) is 3.34. The number of nitrogens with zero attached hydrogens (tertiary/aromatic N) is 1. The number of imidazole rings is 1. The molecule has 0 bridgehead atoms. The summed E-state index contributed by atoms with van der Waals surface area (Å²) in [6, 6.07) is 8.61. The van der Waals surface area contributed by atoms with Gasteiger partial charge in [-0.1, -0.05) is 0 Å². The van der Waals surface area contributed by atoms with E-state index in [-0.39, 0.29) is 12.6 Å². The van der Waals surface area contributed by atoms with Gasteiger partial charge in [0.05, 0.1) is 21.2 Å². The molecule has 1 N–H and O–H groups in total. The van der Waals surface area contributed by atoms with Gasteiger partial charge in [-0.15, -0.1) is 0 Å². The van der Waals surface area contributed by atoms with E-state index in [4.69, 9.17) is 21.7 Å². The fourth-order valence-electron chi connectivity index (χ4n) is 2.38. The molecule has 2 heterocycles. The van der Waals surface area contributed by atoms with E-state index in [2.05, 4.69) is 20.9 Å². The minimum Gasteiger partial charge on any atom is -0.454 e. The molecule has 4 nitrogen and oxygen atoms in total. The summed E-state index contributed by atoms with van der Waals surface area (Å²) in [7, 11) is 0. The molecule has 1 aliphatic rings. The van der Waals surface area contributed by atoms with Gasteiger partial charge in [0.15, 0.2) is 16.3 Å². The number of fused-ring (bicyclic) bond motifs is 2. The Hall–Kier alpha value is -1.86. The number of aromatic nitrogens is 2. The topological polar surface area (TPSA) is 39.2 Å². The predicted molar refractivity (Wildman–Crippen MR) is 82.2 cm³/mol. The highest BCUT2D eigenvalue weighted by molar-refractivity contribution is 9.10. The van der Waals surface area contributed by atoms with E-state index in [1.54, 1.807) is 10.6 Å². The fourth-order valence-corrected chi connectivity index (χ4v) is 3.04. The van der Waals surface area contributed by atoms with Crippen molar-refractivity contribution in [3.8, 4) is 17.2 Å². The largest absolute Gasteiger partial charge is 0.454 e. The van der Waals surface area contributed by atoms with Crippen molar-refractivity contribution < 1.29 is 13.9 Å². The molecule has 106 valence electrons. The van der Waals surface area contributed by atoms with E-state index in [0.29, 0.717) is 26.3 Å². The van der Waals surface area contributed by atoms with Crippen molar-refractivity contribution in [1.29, 1.82) is 0 Å². The van der Waals surface area contributed by atoms with Crippen molar-refractivity contribution in [2.24, 2.45) is 0 Å². The zero-order chi connectivity index (χ0) is 14.6. The lowest BCUT2D eigenvalue weighted by molar-refractivity contribution is 0.174. The Labute approximate surface area is 132 Å². The summed E-state index contributed by atoms with van der Waals surface area (Å²) in [4.78, 5) is 3.07. The predicted octanol–water partition coefficient (Wildman–Crippen LogP) is 4.32. The number of nitrogens with one attached hydrogen (secondary N) is 1. The Bertz CT molecular complexity index is 935. The van der Waals surface area contributed by atoms with Gasteiger partial charge in [0.25, 0.3) is 0 Å². The Balaban J connectivity index is 2.00. The summed E-state index contributed by atoms with van der Waals surface area (Å²) in [5.74, 6) is 1.01. The van der Waals surface area contributed by atoms with Gasteiger partial charge in [-0.25, -0.2) is 4.39 Å². The molecule has 1 aromatic heterocycles. The van der Waals surface area contributed by atoms with Gasteiger partial charge in [-0.05, 0) is 46.3 Å². The zero-order valence-corrected chi connectivity index (χ0v) is 12.9. The minimum atomic E-state index is -0.342. The van der Waals surface area contributed by atoms with Gasteiger partial charge in [-0.3, -0.25) is 4.57 Å². The maximum atomic E-state index is 13.8. The first-order valence-corrected chi connectivity index (χ1v) is 7.33. The fraction of sp³-hybridized carbons (Fsp3) is 0.0714. The molecule has 0 saturated carbocycles. The van der Waals surface area contributed by atoms with E-state index in [1.807, 2.05) is 18.2 Å². The van der Waals surface area contributed by atoms with Crippen LogP contribution in [-0.2, 0) is 0 Å². The second-order valence-corrected chi connectivity index (χ2v) is 5.83. The molecule has 2 aromatic carbocycles. The number of rotatable bonds is 1. The van der Waals surface area contributed by atoms with Crippen LogP contribution in [0.15, 0.2) is 34.8 Å². The number of benzene rings is 2. The minimum absolute atomic E-state index is 0.208. The molecule has 0 amide bonds. The normalized spacial score (nSPS) is 13.0. The van der Waals surface area contributed by atoms with Gasteiger partial charge in [0.2, 0.25) is 6.79 Å². The van der Waals surface area contributed by atoms with Crippen LogP contribution in [-0.4, -0.2) is 16.3 Å². The summed E-state index contributed by atoms with van der Waals surface area (Å²) >= 11 is 8.52. The standard InChI is InChI=1S/C14H8BrFN2O2S/c15-8-4-10-11(5-9(8)16)18(14(21)17-10)7-1-2-12-13(3-7)20-6-19-12/h1-5H,6H2,(H,17,21). The average Bonchev–Trinajstić information content (AvgIpc) is 3.02. The first-order valence-electron chi connectivity index (χ1n) is 6.13. The van der Waals surface area contributed by atoms with Crippen LogP contribution in [0.25, 0.3) is 16.7 Å². The molecule has 0 unspecified atom stereocenters. The van der Waals surface area contributed by atoms with Crippen molar-refractivity contribution in [2.45, 2.75) is 0 Å². The molecule has 7 heteroatoms. The Morgan fingerprint density at radius 2 is 2.00 bits per heavy atom. The zero-order valence-electron chi connectivity index (χ0n) is 10.5. The highest BCUT2D eigenvalue weighted by Crippen LogP contribution is 2.35. The van der Waals surface area contributed by atoms with Crippen LogP contribution in [0.5, 0.6) is 11.5 Å². The monoisotopic (exact) mass is 366 g/mol. The van der Waals surface area contributed by atoms with Gasteiger partial charge in [0, 0.05) is 12.1 Å². The highest BCUT2D eigenvalue weighted by Gasteiger charge is 2.16. The van der Waals surface area contributed by atoms with Crippen LogP contribution in [0.4, 0.5) is 4.39 Å². The van der Waals surface area contributed by atoms with E-state index < -0.39 is 0 Å². The van der Waals surface area contributed by atoms with E-state index in [1.165, 1.54) is 6.07 Å². The molecule has 0 radical (unpaired) electrons. The second kappa shape index (κ2) is 4.57. The van der Waals surface area contributed by atoms with Gasteiger partial charge in [0.1, 0.15) is 5.82 Å². The number of hydrogen-bond donors (Lipinski definition) is 1. The molecule has 0 aliphatic carbocycles. The molecular weight excluding hydrogens is 359 g/mol. The van der Waals surface area contributed by atoms with Gasteiger partial charge in [-0.2, -0.15) is 0 Å². The lowest BCUT2D eigenvalue weighted by Gasteiger charge is -2.06. The molecular formula is C14H8BrFN2O2S. The summed E-state index contributed by atoms with van der Waals surface area (Å²) < 4.78 is 27.1. The van der Waals surface area contributed by atoms with Crippen LogP contribution in [0, 0.1) is 10.6 Å². The molecule has 0 atom stereocenters. The maximum absolute atomic E-state index is 13.8. The number of H-pyrrole nitrogens is 1. The smallest absolute Gasteiger partial charge is 0.231 e.